The van der Waals surface area contributed by atoms with Gasteiger partial charge in [0.05, 0.1) is 19.8 Å². The lowest BCUT2D eigenvalue weighted by Gasteiger charge is -2.36. The van der Waals surface area contributed by atoms with Crippen LogP contribution in [0.5, 0.6) is 0 Å². The predicted octanol–water partition coefficient (Wildman–Crippen LogP) is 4.09. The molecule has 1 heterocycles. The van der Waals surface area contributed by atoms with Crippen molar-refractivity contribution in [2.45, 2.75) is 85.2 Å². The molecule has 1 N–H and O–H groups in total. The lowest BCUT2D eigenvalue weighted by Crippen LogP contribution is -2.49. The summed E-state index contributed by atoms with van der Waals surface area (Å²) in [6.07, 6.45) is 6.18. The van der Waals surface area contributed by atoms with Crippen molar-refractivity contribution in [3.8, 4) is 0 Å². The standard InChI is InChI=1S/C21H44N2O2/c1-20(2,3)11-7-8-15-24-17-18-25-16-14-23-12-9-19(10-13-23)22-21(4,5)6/h19,22H,7-18H2,1-6H3. The van der Waals surface area contributed by atoms with Gasteiger partial charge in [0.1, 0.15) is 0 Å². The van der Waals surface area contributed by atoms with Crippen molar-refractivity contribution in [3.63, 3.8) is 0 Å². The van der Waals surface area contributed by atoms with E-state index < -0.39 is 0 Å². The van der Waals surface area contributed by atoms with E-state index in [-0.39, 0.29) is 5.54 Å². The predicted molar refractivity (Wildman–Crippen MR) is 107 cm³/mol. The number of unbranched alkanes of at least 4 members (excludes halogenated alkanes) is 1. The lowest BCUT2D eigenvalue weighted by molar-refractivity contribution is 0.0337. The molecule has 1 rings (SSSR count). The molecular formula is C21H44N2O2. The van der Waals surface area contributed by atoms with Gasteiger partial charge in [-0.1, -0.05) is 27.2 Å². The molecule has 0 aromatic carbocycles. The van der Waals surface area contributed by atoms with E-state index in [9.17, 15) is 0 Å². The van der Waals surface area contributed by atoms with E-state index >= 15 is 0 Å². The molecule has 0 radical (unpaired) electrons. The molecule has 0 spiro atoms. The average Bonchev–Trinajstić information content (AvgIpc) is 2.48. The van der Waals surface area contributed by atoms with Crippen LogP contribution < -0.4 is 5.32 Å². The Morgan fingerprint density at radius 3 is 2.00 bits per heavy atom. The molecule has 0 bridgehead atoms. The summed E-state index contributed by atoms with van der Waals surface area (Å²) in [5.74, 6) is 0. The van der Waals surface area contributed by atoms with Gasteiger partial charge in [0, 0.05) is 24.7 Å². The van der Waals surface area contributed by atoms with Crippen molar-refractivity contribution >= 4 is 0 Å². The Hall–Kier alpha value is -0.160. The van der Waals surface area contributed by atoms with Crippen molar-refractivity contribution in [1.29, 1.82) is 0 Å². The Balaban J connectivity index is 1.88. The highest BCUT2D eigenvalue weighted by Crippen LogP contribution is 2.21. The smallest absolute Gasteiger partial charge is 0.0701 e. The first-order chi connectivity index (χ1) is 11.7. The summed E-state index contributed by atoms with van der Waals surface area (Å²) in [4.78, 5) is 2.52. The monoisotopic (exact) mass is 356 g/mol. The van der Waals surface area contributed by atoms with Crippen LogP contribution in [0, 0.1) is 5.41 Å². The van der Waals surface area contributed by atoms with E-state index in [0.717, 1.165) is 39.4 Å². The highest BCUT2D eigenvalue weighted by atomic mass is 16.5. The summed E-state index contributed by atoms with van der Waals surface area (Å²) in [7, 11) is 0. The first kappa shape index (κ1) is 22.9. The Labute approximate surface area is 157 Å². The largest absolute Gasteiger partial charge is 0.379 e. The number of nitrogens with zero attached hydrogens (tertiary/aromatic N) is 1. The van der Waals surface area contributed by atoms with Gasteiger partial charge in [0.15, 0.2) is 0 Å². The number of hydrogen-bond acceptors (Lipinski definition) is 4. The maximum absolute atomic E-state index is 5.72. The van der Waals surface area contributed by atoms with Gasteiger partial charge in [-0.3, -0.25) is 0 Å². The van der Waals surface area contributed by atoms with E-state index in [1.165, 1.54) is 38.8 Å². The van der Waals surface area contributed by atoms with E-state index in [0.29, 0.717) is 11.5 Å². The molecule has 0 aromatic heterocycles. The minimum absolute atomic E-state index is 0.225. The molecule has 0 amide bonds. The summed E-state index contributed by atoms with van der Waals surface area (Å²) < 4.78 is 11.4. The number of rotatable bonds is 11. The van der Waals surface area contributed by atoms with Crippen molar-refractivity contribution in [2.75, 3.05) is 46.1 Å². The van der Waals surface area contributed by atoms with E-state index in [2.05, 4.69) is 51.8 Å². The molecule has 1 aliphatic rings. The molecule has 4 heteroatoms. The zero-order valence-corrected chi connectivity index (χ0v) is 17.8. The van der Waals surface area contributed by atoms with Crippen LogP contribution in [0.4, 0.5) is 0 Å². The molecule has 0 unspecified atom stereocenters. The van der Waals surface area contributed by atoms with Crippen LogP contribution in [0.25, 0.3) is 0 Å². The molecule has 0 aromatic rings. The average molecular weight is 357 g/mol. The molecular weight excluding hydrogens is 312 g/mol. The third-order valence-electron chi connectivity index (χ3n) is 4.61. The highest BCUT2D eigenvalue weighted by Gasteiger charge is 2.22. The summed E-state index contributed by atoms with van der Waals surface area (Å²) >= 11 is 0. The van der Waals surface area contributed by atoms with Crippen LogP contribution in [-0.4, -0.2) is 62.5 Å². The maximum Gasteiger partial charge on any atom is 0.0701 e. The first-order valence-electron chi connectivity index (χ1n) is 10.3. The van der Waals surface area contributed by atoms with E-state index in [1.807, 2.05) is 0 Å². The molecule has 0 atom stereocenters. The maximum atomic E-state index is 5.72. The fraction of sp³-hybridized carbons (Fsp3) is 1.00. The van der Waals surface area contributed by atoms with Crippen LogP contribution in [-0.2, 0) is 9.47 Å². The first-order valence-corrected chi connectivity index (χ1v) is 10.3. The Morgan fingerprint density at radius 2 is 1.44 bits per heavy atom. The third kappa shape index (κ3) is 13.7. The van der Waals surface area contributed by atoms with Crippen LogP contribution in [0.15, 0.2) is 0 Å². The van der Waals surface area contributed by atoms with Crippen molar-refractivity contribution in [3.05, 3.63) is 0 Å². The summed E-state index contributed by atoms with van der Waals surface area (Å²) in [6, 6.07) is 0.670. The molecule has 0 saturated carbocycles. The van der Waals surface area contributed by atoms with Gasteiger partial charge in [-0.25, -0.2) is 0 Å². The number of hydrogen-bond donors (Lipinski definition) is 1. The van der Waals surface area contributed by atoms with Gasteiger partial charge < -0.3 is 19.7 Å². The van der Waals surface area contributed by atoms with Crippen molar-refractivity contribution < 1.29 is 9.47 Å². The summed E-state index contributed by atoms with van der Waals surface area (Å²) in [5, 5.41) is 3.72. The molecule has 0 aliphatic carbocycles. The number of piperidine rings is 1. The van der Waals surface area contributed by atoms with Gasteiger partial charge in [-0.15, -0.1) is 0 Å². The number of nitrogens with one attached hydrogen (secondary N) is 1. The zero-order chi connectivity index (χ0) is 18.8. The van der Waals surface area contributed by atoms with Crippen LogP contribution >= 0.6 is 0 Å². The van der Waals surface area contributed by atoms with Crippen molar-refractivity contribution in [1.82, 2.24) is 10.2 Å². The van der Waals surface area contributed by atoms with Crippen LogP contribution in [0.3, 0.4) is 0 Å². The normalized spacial score (nSPS) is 18.0. The second-order valence-corrected chi connectivity index (χ2v) is 9.75. The molecule has 150 valence electrons. The van der Waals surface area contributed by atoms with Crippen LogP contribution in [0.1, 0.15) is 73.6 Å². The Morgan fingerprint density at radius 1 is 0.840 bits per heavy atom. The van der Waals surface area contributed by atoms with Gasteiger partial charge in [0.2, 0.25) is 0 Å². The molecule has 4 nitrogen and oxygen atoms in total. The zero-order valence-electron chi connectivity index (χ0n) is 17.8. The second-order valence-electron chi connectivity index (χ2n) is 9.75. The van der Waals surface area contributed by atoms with Crippen LogP contribution in [0.2, 0.25) is 0 Å². The molecule has 1 fully saturated rings. The minimum Gasteiger partial charge on any atom is -0.379 e. The summed E-state index contributed by atoms with van der Waals surface area (Å²) in [5.41, 5.74) is 0.670. The van der Waals surface area contributed by atoms with E-state index in [1.54, 1.807) is 0 Å². The number of ether oxygens (including phenoxy) is 2. The lowest BCUT2D eigenvalue weighted by atomic mass is 9.90. The molecule has 25 heavy (non-hydrogen) atoms. The second kappa shape index (κ2) is 11.5. The molecule has 1 saturated heterocycles. The van der Waals surface area contributed by atoms with Gasteiger partial charge in [-0.2, -0.15) is 0 Å². The van der Waals surface area contributed by atoms with Crippen molar-refractivity contribution in [2.24, 2.45) is 5.41 Å². The number of likely N-dealkylation sites (tertiary alicyclic amines) is 1. The summed E-state index contributed by atoms with van der Waals surface area (Å²) in [6.45, 7) is 20.2. The minimum atomic E-state index is 0.225. The topological polar surface area (TPSA) is 33.7 Å². The highest BCUT2D eigenvalue weighted by molar-refractivity contribution is 4.82. The Bertz CT molecular complexity index is 326. The SMILES string of the molecule is CC(C)(C)CCCCOCCOCCN1CCC(NC(C)(C)C)CC1. The molecule has 1 aliphatic heterocycles. The van der Waals surface area contributed by atoms with Gasteiger partial charge >= 0.3 is 0 Å². The quantitative estimate of drug-likeness (QED) is 0.565. The fourth-order valence-corrected chi connectivity index (χ4v) is 3.29. The van der Waals surface area contributed by atoms with Gasteiger partial charge in [0.25, 0.3) is 0 Å². The third-order valence-corrected chi connectivity index (χ3v) is 4.61. The van der Waals surface area contributed by atoms with Gasteiger partial charge in [-0.05, 0) is 65.0 Å². The van der Waals surface area contributed by atoms with E-state index in [4.69, 9.17) is 9.47 Å². The fourth-order valence-electron chi connectivity index (χ4n) is 3.29. The Kier molecular flexibility index (Phi) is 10.6.